The summed E-state index contributed by atoms with van der Waals surface area (Å²) >= 11 is 5.48. The van der Waals surface area contributed by atoms with Crippen LogP contribution in [-0.4, -0.2) is 18.5 Å². The zero-order valence-electron chi connectivity index (χ0n) is 8.44. The van der Waals surface area contributed by atoms with Gasteiger partial charge in [-0.15, -0.1) is 0 Å². The van der Waals surface area contributed by atoms with Gasteiger partial charge in [-0.25, -0.2) is 4.79 Å². The summed E-state index contributed by atoms with van der Waals surface area (Å²) in [6, 6.07) is 4.97. The highest BCUT2D eigenvalue weighted by atomic mass is 35.5. The molecule has 1 aliphatic rings. The Morgan fingerprint density at radius 3 is 3.06 bits per heavy atom. The van der Waals surface area contributed by atoms with Crippen molar-refractivity contribution in [3.63, 3.8) is 0 Å². The fourth-order valence-electron chi connectivity index (χ4n) is 1.23. The molecule has 0 saturated carbocycles. The van der Waals surface area contributed by atoms with Gasteiger partial charge in [0.05, 0.1) is 0 Å². The van der Waals surface area contributed by atoms with E-state index >= 15 is 0 Å². The lowest BCUT2D eigenvalue weighted by Crippen LogP contribution is -2.14. The lowest BCUT2D eigenvalue weighted by molar-refractivity contribution is 0.0905. The van der Waals surface area contributed by atoms with Crippen molar-refractivity contribution >= 4 is 17.8 Å². The number of hydrogen-bond donors (Lipinski definition) is 0. The average Bonchev–Trinajstić information content (AvgIpc) is 2.65. The molecule has 1 atom stereocenters. The minimum absolute atomic E-state index is 0.108. The predicted octanol–water partition coefficient (Wildman–Crippen LogP) is 2.52. The summed E-state index contributed by atoms with van der Waals surface area (Å²) in [6.45, 7) is 1.62. The monoisotopic (exact) mass is 244 g/mol. The molecular weight excluding hydrogens is 236 g/mol. The molecule has 0 saturated heterocycles. The number of alkyl halides is 1. The summed E-state index contributed by atoms with van der Waals surface area (Å²) in [4.78, 5) is 11.2. The maximum Gasteiger partial charge on any atom is 0.515 e. The summed E-state index contributed by atoms with van der Waals surface area (Å²) in [6.07, 6.45) is -0.883. The topological polar surface area (TPSA) is 54.0 Å². The van der Waals surface area contributed by atoms with Crippen LogP contribution in [-0.2, 0) is 4.74 Å². The lowest BCUT2D eigenvalue weighted by atomic mass is 10.3. The number of halogens is 1. The van der Waals surface area contributed by atoms with Crippen molar-refractivity contribution in [3.05, 3.63) is 18.2 Å². The third-order valence-corrected chi connectivity index (χ3v) is 1.90. The van der Waals surface area contributed by atoms with Crippen molar-refractivity contribution in [3.8, 4) is 17.2 Å². The van der Waals surface area contributed by atoms with E-state index in [0.29, 0.717) is 11.5 Å². The molecule has 16 heavy (non-hydrogen) atoms. The Labute approximate surface area is 96.8 Å². The van der Waals surface area contributed by atoms with Gasteiger partial charge in [-0.1, -0.05) is 17.7 Å². The molecule has 5 nitrogen and oxygen atoms in total. The number of carbonyl (C=O) groups is 1. The van der Waals surface area contributed by atoms with E-state index in [1.165, 1.54) is 6.92 Å². The van der Waals surface area contributed by atoms with E-state index in [2.05, 4.69) is 4.74 Å². The first kappa shape index (κ1) is 10.9. The molecule has 0 spiro atoms. The Kier molecular flexibility index (Phi) is 3.05. The van der Waals surface area contributed by atoms with Gasteiger partial charge in [0.1, 0.15) is 0 Å². The van der Waals surface area contributed by atoms with Gasteiger partial charge in [0.25, 0.3) is 0 Å². The fraction of sp³-hybridized carbons (Fsp3) is 0.300. The van der Waals surface area contributed by atoms with Crippen molar-refractivity contribution in [2.75, 3.05) is 6.79 Å². The molecule has 1 heterocycles. The molecule has 0 N–H and O–H groups in total. The van der Waals surface area contributed by atoms with Crippen LogP contribution in [0, 0.1) is 0 Å². The van der Waals surface area contributed by atoms with Crippen LogP contribution < -0.4 is 14.2 Å². The molecule has 0 bridgehead atoms. The zero-order valence-corrected chi connectivity index (χ0v) is 9.19. The number of fused-ring (bicyclic) bond motifs is 1. The van der Waals surface area contributed by atoms with E-state index in [1.54, 1.807) is 18.2 Å². The molecule has 1 aliphatic heterocycles. The first-order chi connectivity index (χ1) is 7.66. The highest BCUT2D eigenvalue weighted by Crippen LogP contribution is 2.40. The van der Waals surface area contributed by atoms with Crippen LogP contribution in [0.5, 0.6) is 17.2 Å². The summed E-state index contributed by atoms with van der Waals surface area (Å²) in [7, 11) is 0. The molecule has 1 aromatic carbocycles. The van der Waals surface area contributed by atoms with Crippen LogP contribution in [0.4, 0.5) is 4.79 Å². The Bertz CT molecular complexity index is 404. The summed E-state index contributed by atoms with van der Waals surface area (Å²) in [5, 5.41) is 0. The van der Waals surface area contributed by atoms with Gasteiger partial charge in [0, 0.05) is 0 Å². The van der Waals surface area contributed by atoms with Gasteiger partial charge in [-0.05, 0) is 19.1 Å². The second kappa shape index (κ2) is 4.49. The van der Waals surface area contributed by atoms with Crippen molar-refractivity contribution in [2.24, 2.45) is 0 Å². The second-order valence-corrected chi connectivity index (χ2v) is 3.62. The van der Waals surface area contributed by atoms with E-state index in [1.807, 2.05) is 0 Å². The predicted molar refractivity (Wildman–Crippen MR) is 55.0 cm³/mol. The average molecular weight is 245 g/mol. The standard InChI is InChI=1S/C10H9ClO5/c1-6(11)15-10(12)16-8-4-2-3-7-9(8)14-5-13-7/h2-4,6H,5H2,1H3. The number of ether oxygens (including phenoxy) is 4. The Hall–Kier alpha value is -1.62. The second-order valence-electron chi connectivity index (χ2n) is 3.00. The highest BCUT2D eigenvalue weighted by Gasteiger charge is 2.21. The van der Waals surface area contributed by atoms with E-state index in [-0.39, 0.29) is 12.5 Å². The first-order valence-electron chi connectivity index (χ1n) is 4.58. The normalized spacial score (nSPS) is 14.4. The van der Waals surface area contributed by atoms with E-state index in [0.717, 1.165) is 0 Å². The Morgan fingerprint density at radius 2 is 2.31 bits per heavy atom. The van der Waals surface area contributed by atoms with Crippen molar-refractivity contribution < 1.29 is 23.7 Å². The van der Waals surface area contributed by atoms with Crippen LogP contribution in [0.2, 0.25) is 0 Å². The first-order valence-corrected chi connectivity index (χ1v) is 5.01. The van der Waals surface area contributed by atoms with Gasteiger partial charge in [0.2, 0.25) is 12.5 Å². The number of hydrogen-bond acceptors (Lipinski definition) is 5. The van der Waals surface area contributed by atoms with E-state index in [9.17, 15) is 4.79 Å². The third kappa shape index (κ3) is 2.30. The fourth-order valence-corrected chi connectivity index (χ4v) is 1.30. The highest BCUT2D eigenvalue weighted by molar-refractivity contribution is 6.19. The minimum atomic E-state index is -0.883. The van der Waals surface area contributed by atoms with Crippen molar-refractivity contribution in [2.45, 2.75) is 12.5 Å². The molecule has 1 unspecified atom stereocenters. The maximum atomic E-state index is 11.2. The molecule has 0 fully saturated rings. The van der Waals surface area contributed by atoms with Gasteiger partial charge in [0.15, 0.2) is 17.1 Å². The smallest absolute Gasteiger partial charge is 0.453 e. The Balaban J connectivity index is 2.10. The zero-order chi connectivity index (χ0) is 11.5. The number of benzene rings is 1. The SMILES string of the molecule is CC(Cl)OC(=O)Oc1cccc2c1OCO2. The van der Waals surface area contributed by atoms with Crippen LogP contribution in [0.3, 0.4) is 0 Å². The molecule has 0 aromatic heterocycles. The molecular formula is C10H9ClO5. The number of carbonyl (C=O) groups excluding carboxylic acids is 1. The van der Waals surface area contributed by atoms with Crippen LogP contribution in [0.25, 0.3) is 0 Å². The molecule has 86 valence electrons. The van der Waals surface area contributed by atoms with Crippen LogP contribution in [0.15, 0.2) is 18.2 Å². The van der Waals surface area contributed by atoms with E-state index in [4.69, 9.17) is 25.8 Å². The molecule has 0 radical (unpaired) electrons. The van der Waals surface area contributed by atoms with E-state index < -0.39 is 11.7 Å². The maximum absolute atomic E-state index is 11.2. The van der Waals surface area contributed by atoms with Gasteiger partial charge < -0.3 is 18.9 Å². The quantitative estimate of drug-likeness (QED) is 0.455. The van der Waals surface area contributed by atoms with Crippen LogP contribution in [0.1, 0.15) is 6.92 Å². The molecule has 2 rings (SSSR count). The van der Waals surface area contributed by atoms with Gasteiger partial charge in [-0.3, -0.25) is 0 Å². The van der Waals surface area contributed by atoms with Crippen LogP contribution >= 0.6 is 11.6 Å². The third-order valence-electron chi connectivity index (χ3n) is 1.81. The summed E-state index contributed by atoms with van der Waals surface area (Å²) in [5.74, 6) is 1.17. The summed E-state index contributed by atoms with van der Waals surface area (Å²) < 4.78 is 19.8. The molecule has 0 amide bonds. The largest absolute Gasteiger partial charge is 0.515 e. The van der Waals surface area contributed by atoms with Crippen molar-refractivity contribution in [1.82, 2.24) is 0 Å². The number of para-hydroxylation sites is 1. The number of rotatable bonds is 2. The van der Waals surface area contributed by atoms with Gasteiger partial charge in [-0.2, -0.15) is 0 Å². The van der Waals surface area contributed by atoms with Gasteiger partial charge >= 0.3 is 6.16 Å². The summed E-state index contributed by atoms with van der Waals surface area (Å²) in [5.41, 5.74) is -0.749. The molecule has 0 aliphatic carbocycles. The Morgan fingerprint density at radius 1 is 1.50 bits per heavy atom. The molecule has 1 aromatic rings. The lowest BCUT2D eigenvalue weighted by Gasteiger charge is -2.08. The molecule has 6 heteroatoms. The minimum Gasteiger partial charge on any atom is -0.453 e. The van der Waals surface area contributed by atoms with Crippen molar-refractivity contribution in [1.29, 1.82) is 0 Å².